The monoisotopic (exact) mass is 307 g/mol. The topological polar surface area (TPSA) is 64.6 Å². The minimum Gasteiger partial charge on any atom is -0.461 e. The summed E-state index contributed by atoms with van der Waals surface area (Å²) in [7, 11) is 0. The number of carbonyl (C=O) groups is 2. The van der Waals surface area contributed by atoms with Crippen LogP contribution in [0.4, 0.5) is 4.79 Å². The zero-order chi connectivity index (χ0) is 16.5. The number of hydrogen-bond donors (Lipinski definition) is 1. The standard InChI is InChI=1S/C17H25NO4/c1-5-21-17(20)18-15(11-14-9-7-6-8-10-14)16(19)22-13(4)12(2)3/h6-10,12-13,15H,5,11H2,1-4H3,(H,18,20)/t13-,15?/m0/s1. The first kappa shape index (κ1) is 18.0. The molecule has 0 aromatic heterocycles. The van der Waals surface area contributed by atoms with Gasteiger partial charge in [0.1, 0.15) is 12.1 Å². The Kier molecular flexibility index (Phi) is 7.43. The van der Waals surface area contributed by atoms with Gasteiger partial charge < -0.3 is 14.8 Å². The normalized spacial score (nSPS) is 13.3. The fraction of sp³-hybridized carbons (Fsp3) is 0.529. The number of nitrogens with one attached hydrogen (secondary N) is 1. The summed E-state index contributed by atoms with van der Waals surface area (Å²) in [4.78, 5) is 23.9. The van der Waals surface area contributed by atoms with Crippen LogP contribution in [-0.2, 0) is 20.7 Å². The van der Waals surface area contributed by atoms with Gasteiger partial charge in [-0.3, -0.25) is 0 Å². The summed E-state index contributed by atoms with van der Waals surface area (Å²) in [6, 6.07) is 8.72. The van der Waals surface area contributed by atoms with E-state index in [1.165, 1.54) is 0 Å². The molecular formula is C17H25NO4. The van der Waals surface area contributed by atoms with E-state index in [0.29, 0.717) is 6.42 Å². The fourth-order valence-corrected chi connectivity index (χ4v) is 1.76. The average Bonchev–Trinajstić information content (AvgIpc) is 2.47. The Morgan fingerprint density at radius 3 is 2.32 bits per heavy atom. The molecule has 1 unspecified atom stereocenters. The maximum absolute atomic E-state index is 12.3. The predicted molar refractivity (Wildman–Crippen MR) is 84.5 cm³/mol. The Balaban J connectivity index is 2.76. The van der Waals surface area contributed by atoms with Crippen LogP contribution in [0.1, 0.15) is 33.3 Å². The van der Waals surface area contributed by atoms with Crippen molar-refractivity contribution in [1.82, 2.24) is 5.32 Å². The highest BCUT2D eigenvalue weighted by Gasteiger charge is 2.25. The van der Waals surface area contributed by atoms with Crippen molar-refractivity contribution in [3.05, 3.63) is 35.9 Å². The second kappa shape index (κ2) is 9.07. The van der Waals surface area contributed by atoms with Crippen molar-refractivity contribution in [1.29, 1.82) is 0 Å². The maximum atomic E-state index is 12.3. The molecule has 0 radical (unpaired) electrons. The molecular weight excluding hydrogens is 282 g/mol. The van der Waals surface area contributed by atoms with E-state index in [-0.39, 0.29) is 18.6 Å². The van der Waals surface area contributed by atoms with Crippen LogP contribution in [0.5, 0.6) is 0 Å². The number of alkyl carbamates (subject to hydrolysis) is 1. The summed E-state index contributed by atoms with van der Waals surface area (Å²) >= 11 is 0. The van der Waals surface area contributed by atoms with E-state index in [1.54, 1.807) is 6.92 Å². The molecule has 5 heteroatoms. The van der Waals surface area contributed by atoms with E-state index >= 15 is 0 Å². The van der Waals surface area contributed by atoms with E-state index in [2.05, 4.69) is 5.32 Å². The Labute approximate surface area is 132 Å². The summed E-state index contributed by atoms with van der Waals surface area (Å²) in [5.74, 6) is -0.234. The van der Waals surface area contributed by atoms with Gasteiger partial charge in [-0.15, -0.1) is 0 Å². The van der Waals surface area contributed by atoms with Gasteiger partial charge in [-0.1, -0.05) is 44.2 Å². The molecule has 2 atom stereocenters. The molecule has 0 saturated heterocycles. The van der Waals surface area contributed by atoms with E-state index in [9.17, 15) is 9.59 Å². The molecule has 1 aromatic rings. The van der Waals surface area contributed by atoms with Crippen LogP contribution >= 0.6 is 0 Å². The summed E-state index contributed by atoms with van der Waals surface area (Å²) < 4.78 is 10.3. The average molecular weight is 307 g/mol. The number of esters is 1. The highest BCUT2D eigenvalue weighted by atomic mass is 16.6. The summed E-state index contributed by atoms with van der Waals surface area (Å²) in [5, 5.41) is 2.57. The third kappa shape index (κ3) is 6.16. The lowest BCUT2D eigenvalue weighted by Crippen LogP contribution is -2.44. The quantitative estimate of drug-likeness (QED) is 0.787. The second-order valence-electron chi connectivity index (χ2n) is 5.49. The largest absolute Gasteiger partial charge is 0.461 e. The molecule has 0 aliphatic heterocycles. The molecule has 0 spiro atoms. The van der Waals surface area contributed by atoms with Crippen molar-refractivity contribution in [2.24, 2.45) is 5.92 Å². The van der Waals surface area contributed by atoms with Crippen LogP contribution in [0, 0.1) is 5.92 Å². The highest BCUT2D eigenvalue weighted by Crippen LogP contribution is 2.10. The van der Waals surface area contributed by atoms with E-state index in [4.69, 9.17) is 9.47 Å². The van der Waals surface area contributed by atoms with Crippen molar-refractivity contribution in [2.75, 3.05) is 6.61 Å². The molecule has 1 rings (SSSR count). The Morgan fingerprint density at radius 2 is 1.77 bits per heavy atom. The van der Waals surface area contributed by atoms with Crippen LogP contribution in [0.3, 0.4) is 0 Å². The number of carbonyl (C=O) groups excluding carboxylic acids is 2. The first-order valence-electron chi connectivity index (χ1n) is 7.61. The highest BCUT2D eigenvalue weighted by molar-refractivity contribution is 5.81. The third-order valence-corrected chi connectivity index (χ3v) is 3.38. The maximum Gasteiger partial charge on any atom is 0.407 e. The number of rotatable bonds is 7. The van der Waals surface area contributed by atoms with Gasteiger partial charge in [-0.05, 0) is 25.3 Å². The van der Waals surface area contributed by atoms with Crippen LogP contribution in [0.15, 0.2) is 30.3 Å². The molecule has 22 heavy (non-hydrogen) atoms. The van der Waals surface area contributed by atoms with Gasteiger partial charge in [0.05, 0.1) is 6.61 Å². The minimum absolute atomic E-state index is 0.212. The zero-order valence-electron chi connectivity index (χ0n) is 13.7. The van der Waals surface area contributed by atoms with Gasteiger partial charge in [-0.2, -0.15) is 0 Å². The molecule has 5 nitrogen and oxygen atoms in total. The number of benzene rings is 1. The molecule has 0 saturated carbocycles. The lowest BCUT2D eigenvalue weighted by atomic mass is 10.1. The fourth-order valence-electron chi connectivity index (χ4n) is 1.76. The van der Waals surface area contributed by atoms with Crippen molar-refractivity contribution < 1.29 is 19.1 Å². The number of amides is 1. The molecule has 0 heterocycles. The van der Waals surface area contributed by atoms with E-state index < -0.39 is 18.1 Å². The van der Waals surface area contributed by atoms with Crippen molar-refractivity contribution in [2.45, 2.75) is 46.3 Å². The Morgan fingerprint density at radius 1 is 1.14 bits per heavy atom. The first-order valence-corrected chi connectivity index (χ1v) is 7.61. The SMILES string of the molecule is CCOC(=O)NC(Cc1ccccc1)C(=O)O[C@@H](C)C(C)C. The van der Waals surface area contributed by atoms with Gasteiger partial charge in [0.15, 0.2) is 0 Å². The second-order valence-corrected chi connectivity index (χ2v) is 5.49. The Hall–Kier alpha value is -2.04. The molecule has 1 aromatic carbocycles. The first-order chi connectivity index (χ1) is 10.4. The minimum atomic E-state index is -0.761. The lowest BCUT2D eigenvalue weighted by Gasteiger charge is -2.22. The van der Waals surface area contributed by atoms with Crippen LogP contribution in [-0.4, -0.2) is 30.8 Å². The molecule has 1 N–H and O–H groups in total. The molecule has 0 aliphatic carbocycles. The summed E-state index contributed by atoms with van der Waals surface area (Å²) in [6.45, 7) is 7.75. The molecule has 1 amide bonds. The van der Waals surface area contributed by atoms with Crippen molar-refractivity contribution >= 4 is 12.1 Å². The van der Waals surface area contributed by atoms with Gasteiger partial charge >= 0.3 is 12.1 Å². The van der Waals surface area contributed by atoms with Gasteiger partial charge in [0, 0.05) is 6.42 Å². The van der Waals surface area contributed by atoms with Gasteiger partial charge in [-0.25, -0.2) is 9.59 Å². The van der Waals surface area contributed by atoms with Crippen LogP contribution in [0.25, 0.3) is 0 Å². The summed E-state index contributed by atoms with van der Waals surface area (Å²) in [5.41, 5.74) is 0.943. The van der Waals surface area contributed by atoms with Crippen molar-refractivity contribution in [3.8, 4) is 0 Å². The lowest BCUT2D eigenvalue weighted by molar-refractivity contribution is -0.152. The number of ether oxygens (including phenoxy) is 2. The molecule has 0 bridgehead atoms. The summed E-state index contributed by atoms with van der Waals surface area (Å²) in [6.07, 6.45) is -0.462. The van der Waals surface area contributed by atoms with Crippen molar-refractivity contribution in [3.63, 3.8) is 0 Å². The molecule has 0 fully saturated rings. The van der Waals surface area contributed by atoms with Gasteiger partial charge in [0.2, 0.25) is 0 Å². The smallest absolute Gasteiger partial charge is 0.407 e. The predicted octanol–water partition coefficient (Wildman–Crippen LogP) is 2.93. The van der Waals surface area contributed by atoms with E-state index in [1.807, 2.05) is 51.1 Å². The zero-order valence-corrected chi connectivity index (χ0v) is 13.7. The third-order valence-electron chi connectivity index (χ3n) is 3.38. The molecule has 122 valence electrons. The Bertz CT molecular complexity index is 473. The van der Waals surface area contributed by atoms with Crippen LogP contribution in [0.2, 0.25) is 0 Å². The number of hydrogen-bond acceptors (Lipinski definition) is 4. The van der Waals surface area contributed by atoms with Gasteiger partial charge in [0.25, 0.3) is 0 Å². The van der Waals surface area contributed by atoms with Crippen LogP contribution < -0.4 is 5.32 Å². The van der Waals surface area contributed by atoms with E-state index in [0.717, 1.165) is 5.56 Å². The molecule has 0 aliphatic rings.